The minimum atomic E-state index is -0.344. The summed E-state index contributed by atoms with van der Waals surface area (Å²) < 4.78 is 1.64. The van der Waals surface area contributed by atoms with Gasteiger partial charge in [0.15, 0.2) is 5.16 Å². The zero-order chi connectivity index (χ0) is 21.3. The Morgan fingerprint density at radius 3 is 2.83 bits per heavy atom. The molecule has 1 atom stereocenters. The van der Waals surface area contributed by atoms with Gasteiger partial charge in [0.2, 0.25) is 5.88 Å². The van der Waals surface area contributed by atoms with Gasteiger partial charge >= 0.3 is 0 Å². The quantitative estimate of drug-likeness (QED) is 0.233. The number of nitrogens with zero attached hydrogens (tertiary/aromatic N) is 2. The van der Waals surface area contributed by atoms with Gasteiger partial charge in [0.05, 0.1) is 6.04 Å². The predicted octanol–water partition coefficient (Wildman–Crippen LogP) is 4.82. The van der Waals surface area contributed by atoms with Crippen LogP contribution >= 0.6 is 11.8 Å². The average molecular weight is 428 g/mol. The van der Waals surface area contributed by atoms with Crippen molar-refractivity contribution in [2.75, 3.05) is 12.3 Å². The van der Waals surface area contributed by atoms with Crippen LogP contribution in [-0.2, 0) is 13.0 Å². The number of hydrogen-bond donors (Lipinski definition) is 2. The summed E-state index contributed by atoms with van der Waals surface area (Å²) in [6.07, 6.45) is 9.96. The fourth-order valence-electron chi connectivity index (χ4n) is 4.00. The zero-order valence-corrected chi connectivity index (χ0v) is 18.7. The minimum absolute atomic E-state index is 0.167. The third kappa shape index (κ3) is 5.35. The van der Waals surface area contributed by atoms with E-state index >= 15 is 0 Å². The van der Waals surface area contributed by atoms with Crippen molar-refractivity contribution in [2.45, 2.75) is 69.6 Å². The van der Waals surface area contributed by atoms with Crippen molar-refractivity contribution in [2.24, 2.45) is 0 Å². The molecule has 0 radical (unpaired) electrons. The molecule has 162 valence electrons. The van der Waals surface area contributed by atoms with Gasteiger partial charge in [-0.2, -0.15) is 4.98 Å². The molecule has 1 aromatic carbocycles. The lowest BCUT2D eigenvalue weighted by molar-refractivity contribution is 0.412. The largest absolute Gasteiger partial charge is 0.493 e. The second kappa shape index (κ2) is 11.4. The minimum Gasteiger partial charge on any atom is -0.493 e. The summed E-state index contributed by atoms with van der Waals surface area (Å²) in [6, 6.07) is 7.74. The Kier molecular flexibility index (Phi) is 8.58. The Bertz CT molecular complexity index is 910. The molecule has 2 heterocycles. The van der Waals surface area contributed by atoms with Crippen LogP contribution in [0.4, 0.5) is 0 Å². The van der Waals surface area contributed by atoms with Crippen LogP contribution in [-0.4, -0.2) is 27.0 Å². The molecule has 5 nitrogen and oxygen atoms in total. The molecular weight excluding hydrogens is 394 g/mol. The van der Waals surface area contributed by atoms with Crippen molar-refractivity contribution in [3.63, 3.8) is 0 Å². The number of benzene rings is 1. The highest BCUT2D eigenvalue weighted by Gasteiger charge is 2.28. The number of nitrogens with one attached hydrogen (secondary N) is 1. The lowest BCUT2D eigenvalue weighted by atomic mass is 9.91. The summed E-state index contributed by atoms with van der Waals surface area (Å²) in [4.78, 5) is 17.8. The molecule has 6 heteroatoms. The van der Waals surface area contributed by atoms with E-state index in [-0.39, 0.29) is 17.5 Å². The number of allylic oxidation sites excluding steroid dienone is 1. The molecule has 0 aliphatic carbocycles. The fraction of sp³-hybridized carbons (Fsp3) is 0.500. The van der Waals surface area contributed by atoms with E-state index in [1.807, 2.05) is 18.2 Å². The molecule has 1 aromatic heterocycles. The maximum Gasteiger partial charge on any atom is 0.263 e. The lowest BCUT2D eigenvalue weighted by Crippen LogP contribution is -2.37. The van der Waals surface area contributed by atoms with E-state index in [1.54, 1.807) is 22.4 Å². The fourth-order valence-corrected chi connectivity index (χ4v) is 5.00. The molecule has 0 fully saturated rings. The molecule has 1 aliphatic rings. The topological polar surface area (TPSA) is 67.2 Å². The molecule has 0 unspecified atom stereocenters. The highest BCUT2D eigenvalue weighted by molar-refractivity contribution is 7.99. The summed E-state index contributed by atoms with van der Waals surface area (Å²) in [5, 5.41) is 14.7. The second-order valence-electron chi connectivity index (χ2n) is 7.79. The average Bonchev–Trinajstić information content (AvgIpc) is 2.75. The molecule has 2 aromatic rings. The zero-order valence-electron chi connectivity index (χ0n) is 17.9. The number of aromatic hydroxyl groups is 1. The first-order chi connectivity index (χ1) is 14.7. The molecule has 0 bridgehead atoms. The van der Waals surface area contributed by atoms with E-state index in [2.05, 4.69) is 29.9 Å². The van der Waals surface area contributed by atoms with Gasteiger partial charge in [0.1, 0.15) is 5.56 Å². The third-order valence-corrected chi connectivity index (χ3v) is 6.65. The van der Waals surface area contributed by atoms with Crippen LogP contribution < -0.4 is 10.9 Å². The Labute approximate surface area is 183 Å². The highest BCUT2D eigenvalue weighted by atomic mass is 32.2. The van der Waals surface area contributed by atoms with Gasteiger partial charge in [0, 0.05) is 18.8 Å². The molecular formula is C24H33N3O2S. The van der Waals surface area contributed by atoms with Crippen molar-refractivity contribution in [3.8, 4) is 5.88 Å². The normalized spacial score (nSPS) is 15.7. The van der Waals surface area contributed by atoms with Crippen molar-refractivity contribution >= 4 is 11.8 Å². The van der Waals surface area contributed by atoms with Crippen LogP contribution in [0.25, 0.3) is 0 Å². The summed E-state index contributed by atoms with van der Waals surface area (Å²) in [5.41, 5.74) is 2.38. The number of aromatic nitrogens is 2. The van der Waals surface area contributed by atoms with Gasteiger partial charge in [0.25, 0.3) is 5.56 Å². The summed E-state index contributed by atoms with van der Waals surface area (Å²) in [5.74, 6) is 0.721. The van der Waals surface area contributed by atoms with E-state index in [0.29, 0.717) is 17.3 Å². The smallest absolute Gasteiger partial charge is 0.263 e. The molecule has 1 aliphatic heterocycles. The second-order valence-corrected chi connectivity index (χ2v) is 8.85. The maximum atomic E-state index is 13.4. The monoisotopic (exact) mass is 427 g/mol. The van der Waals surface area contributed by atoms with Crippen LogP contribution in [0.5, 0.6) is 5.88 Å². The van der Waals surface area contributed by atoms with E-state index in [0.717, 1.165) is 30.7 Å². The van der Waals surface area contributed by atoms with Crippen LogP contribution in [0.2, 0.25) is 0 Å². The van der Waals surface area contributed by atoms with Gasteiger partial charge < -0.3 is 10.4 Å². The van der Waals surface area contributed by atoms with Gasteiger partial charge in [-0.1, -0.05) is 81.1 Å². The van der Waals surface area contributed by atoms with Crippen LogP contribution in [0, 0.1) is 0 Å². The van der Waals surface area contributed by atoms with Gasteiger partial charge in [-0.15, -0.1) is 6.58 Å². The molecule has 0 saturated heterocycles. The molecule has 0 saturated carbocycles. The van der Waals surface area contributed by atoms with Gasteiger partial charge in [-0.3, -0.25) is 9.36 Å². The number of thioether (sulfide) groups is 1. The van der Waals surface area contributed by atoms with E-state index in [4.69, 9.17) is 0 Å². The summed E-state index contributed by atoms with van der Waals surface area (Å²) in [6.45, 7) is 7.16. The standard InChI is InChI=1S/C24H33N3O2S/c1-3-5-6-7-8-11-17-30-24-26-22(28)20(23(29)27(24)16-4-2)21-19-13-10-9-12-18(19)14-15-25-21/h4,9-10,12-13,21,25,28H,2-3,5-8,11,14-17H2,1H3/t21-/m0/s1. The number of rotatable bonds is 11. The van der Waals surface area contributed by atoms with Crippen molar-refractivity contribution in [3.05, 3.63) is 64.0 Å². The first-order valence-electron chi connectivity index (χ1n) is 11.1. The summed E-state index contributed by atoms with van der Waals surface area (Å²) in [7, 11) is 0. The van der Waals surface area contributed by atoms with E-state index in [1.165, 1.54) is 37.7 Å². The molecule has 30 heavy (non-hydrogen) atoms. The number of hydrogen-bond acceptors (Lipinski definition) is 5. The third-order valence-electron chi connectivity index (χ3n) is 5.59. The first-order valence-corrected chi connectivity index (χ1v) is 12.0. The van der Waals surface area contributed by atoms with Crippen LogP contribution in [0.15, 0.2) is 46.9 Å². The van der Waals surface area contributed by atoms with Crippen LogP contribution in [0.1, 0.15) is 68.2 Å². The summed E-state index contributed by atoms with van der Waals surface area (Å²) >= 11 is 1.54. The van der Waals surface area contributed by atoms with Crippen molar-refractivity contribution in [1.82, 2.24) is 14.9 Å². The van der Waals surface area contributed by atoms with E-state index < -0.39 is 0 Å². The van der Waals surface area contributed by atoms with E-state index in [9.17, 15) is 9.90 Å². The molecule has 0 amide bonds. The van der Waals surface area contributed by atoms with Gasteiger partial charge in [-0.25, -0.2) is 0 Å². The Morgan fingerprint density at radius 1 is 1.27 bits per heavy atom. The maximum absolute atomic E-state index is 13.4. The Hall–Kier alpha value is -2.05. The molecule has 0 spiro atoms. The predicted molar refractivity (Wildman–Crippen MR) is 124 cm³/mol. The highest BCUT2D eigenvalue weighted by Crippen LogP contribution is 2.32. The number of fused-ring (bicyclic) bond motifs is 1. The van der Waals surface area contributed by atoms with Gasteiger partial charge in [-0.05, 0) is 24.0 Å². The van der Waals surface area contributed by atoms with Crippen LogP contribution in [0.3, 0.4) is 0 Å². The van der Waals surface area contributed by atoms with Crippen molar-refractivity contribution < 1.29 is 5.11 Å². The van der Waals surface area contributed by atoms with Crippen molar-refractivity contribution in [1.29, 1.82) is 0 Å². The number of unbranched alkanes of at least 4 members (excludes halogenated alkanes) is 5. The lowest BCUT2D eigenvalue weighted by Gasteiger charge is -2.27. The SMILES string of the molecule is C=CCn1c(SCCCCCCCC)nc(O)c([C@H]2NCCc3ccccc32)c1=O. The Morgan fingerprint density at radius 2 is 2.03 bits per heavy atom. The first kappa shape index (κ1) is 22.6. The Balaban J connectivity index is 1.81. The molecule has 2 N–H and O–H groups in total. The molecule has 3 rings (SSSR count).